The number of rotatable bonds is 2. The Morgan fingerprint density at radius 1 is 1.71 bits per heavy atom. The Balaban J connectivity index is 2.24. The van der Waals surface area contributed by atoms with E-state index in [1.807, 2.05) is 7.05 Å². The maximum absolute atomic E-state index is 10.2. The van der Waals surface area contributed by atoms with Crippen LogP contribution in [0.25, 0.3) is 0 Å². The van der Waals surface area contributed by atoms with Gasteiger partial charge in [-0.1, -0.05) is 13.8 Å². The molecule has 1 fully saturated rings. The van der Waals surface area contributed by atoms with E-state index in [2.05, 4.69) is 34.9 Å². The molecule has 0 radical (unpaired) electrons. The third-order valence-corrected chi connectivity index (χ3v) is 3.80. The van der Waals surface area contributed by atoms with Crippen LogP contribution in [0.3, 0.4) is 0 Å². The van der Waals surface area contributed by atoms with Crippen LogP contribution in [0.15, 0.2) is 10.7 Å². The molecule has 1 aliphatic rings. The number of aliphatic hydroxyl groups excluding tert-OH is 1. The summed E-state index contributed by atoms with van der Waals surface area (Å²) in [7, 11) is 1.86. The van der Waals surface area contributed by atoms with E-state index in [9.17, 15) is 5.11 Å². The highest BCUT2D eigenvalue weighted by molar-refractivity contribution is 9.10. The summed E-state index contributed by atoms with van der Waals surface area (Å²) >= 11 is 3.41. The van der Waals surface area contributed by atoms with Crippen LogP contribution in [0.2, 0.25) is 0 Å². The van der Waals surface area contributed by atoms with Crippen LogP contribution >= 0.6 is 15.9 Å². The first-order valence-electron chi connectivity index (χ1n) is 4.79. The molecule has 1 saturated carbocycles. The van der Waals surface area contributed by atoms with E-state index in [1.165, 1.54) is 0 Å². The molecule has 2 unspecified atom stereocenters. The van der Waals surface area contributed by atoms with Crippen LogP contribution < -0.4 is 0 Å². The largest absolute Gasteiger partial charge is 0.386 e. The molecule has 4 heteroatoms. The fourth-order valence-corrected chi connectivity index (χ4v) is 2.57. The smallest absolute Gasteiger partial charge is 0.100 e. The molecule has 0 aromatic carbocycles. The van der Waals surface area contributed by atoms with Crippen LogP contribution in [0.1, 0.15) is 32.1 Å². The molecule has 1 N–H and O–H groups in total. The van der Waals surface area contributed by atoms with Crippen molar-refractivity contribution in [2.24, 2.45) is 18.4 Å². The second-order valence-electron chi connectivity index (χ2n) is 4.75. The minimum Gasteiger partial charge on any atom is -0.386 e. The Hall–Kier alpha value is -0.350. The third-order valence-electron chi connectivity index (χ3n) is 3.19. The molecule has 0 aliphatic heterocycles. The topological polar surface area (TPSA) is 38.0 Å². The van der Waals surface area contributed by atoms with Gasteiger partial charge < -0.3 is 5.11 Å². The first-order valence-corrected chi connectivity index (χ1v) is 5.58. The molecule has 1 aromatic rings. The molecular formula is C10H15BrN2O. The lowest BCUT2D eigenvalue weighted by Gasteiger charge is -2.13. The van der Waals surface area contributed by atoms with Gasteiger partial charge in [-0.3, -0.25) is 4.68 Å². The fourth-order valence-electron chi connectivity index (χ4n) is 1.99. The van der Waals surface area contributed by atoms with E-state index >= 15 is 0 Å². The fraction of sp³-hybridized carbons (Fsp3) is 0.700. The number of nitrogens with zero attached hydrogens (tertiary/aromatic N) is 2. The average Bonchev–Trinajstić information content (AvgIpc) is 2.59. The van der Waals surface area contributed by atoms with Gasteiger partial charge in [-0.05, 0) is 33.7 Å². The van der Waals surface area contributed by atoms with Crippen molar-refractivity contribution in [1.29, 1.82) is 0 Å². The number of hydrogen-bond donors (Lipinski definition) is 1. The monoisotopic (exact) mass is 258 g/mol. The lowest BCUT2D eigenvalue weighted by Crippen LogP contribution is -2.10. The molecular weight excluding hydrogens is 244 g/mol. The summed E-state index contributed by atoms with van der Waals surface area (Å²) in [5.41, 5.74) is 1.17. The minimum atomic E-state index is -0.396. The number of aromatic nitrogens is 2. The molecule has 0 bridgehead atoms. The van der Waals surface area contributed by atoms with Gasteiger partial charge in [0.2, 0.25) is 0 Å². The van der Waals surface area contributed by atoms with Gasteiger partial charge in [0.1, 0.15) is 6.10 Å². The van der Waals surface area contributed by atoms with E-state index in [4.69, 9.17) is 0 Å². The number of halogens is 1. The van der Waals surface area contributed by atoms with E-state index in [0.717, 1.165) is 16.6 Å². The van der Waals surface area contributed by atoms with Crippen LogP contribution in [0.5, 0.6) is 0 Å². The predicted octanol–water partition coefficient (Wildman–Crippen LogP) is 2.26. The van der Waals surface area contributed by atoms with Crippen molar-refractivity contribution < 1.29 is 5.11 Å². The van der Waals surface area contributed by atoms with E-state index < -0.39 is 6.10 Å². The molecule has 1 aliphatic carbocycles. The molecule has 1 heterocycles. The summed E-state index contributed by atoms with van der Waals surface area (Å²) in [4.78, 5) is 0. The van der Waals surface area contributed by atoms with Gasteiger partial charge in [0, 0.05) is 7.05 Å². The Kier molecular flexibility index (Phi) is 2.23. The standard InChI is InChI=1S/C10H15BrN2O/c1-10(2)4-6(10)9(14)8-7(11)5-12-13(8)3/h5-6,9,14H,4H2,1-3H3. The SMILES string of the molecule is Cn1ncc(Br)c1C(O)C1CC1(C)C. The second-order valence-corrected chi connectivity index (χ2v) is 5.60. The first-order chi connectivity index (χ1) is 6.43. The average molecular weight is 259 g/mol. The van der Waals surface area contributed by atoms with Crippen LogP contribution in [0.4, 0.5) is 0 Å². The van der Waals surface area contributed by atoms with Crippen molar-refractivity contribution in [1.82, 2.24) is 9.78 Å². The van der Waals surface area contributed by atoms with Gasteiger partial charge in [-0.15, -0.1) is 0 Å². The summed E-state index contributed by atoms with van der Waals surface area (Å²) in [5, 5.41) is 14.3. The molecule has 3 nitrogen and oxygen atoms in total. The molecule has 1 aromatic heterocycles. The van der Waals surface area contributed by atoms with E-state index in [1.54, 1.807) is 10.9 Å². The quantitative estimate of drug-likeness (QED) is 0.884. The lowest BCUT2D eigenvalue weighted by atomic mass is 10.0. The van der Waals surface area contributed by atoms with Gasteiger partial charge in [0.05, 0.1) is 16.4 Å². The van der Waals surface area contributed by atoms with Crippen LogP contribution in [-0.4, -0.2) is 14.9 Å². The van der Waals surface area contributed by atoms with Crippen molar-refractivity contribution in [3.8, 4) is 0 Å². The van der Waals surface area contributed by atoms with E-state index in [-0.39, 0.29) is 5.41 Å². The van der Waals surface area contributed by atoms with E-state index in [0.29, 0.717) is 5.92 Å². The zero-order chi connectivity index (χ0) is 10.5. The molecule has 14 heavy (non-hydrogen) atoms. The van der Waals surface area contributed by atoms with Crippen molar-refractivity contribution >= 4 is 15.9 Å². The molecule has 0 saturated heterocycles. The maximum Gasteiger partial charge on any atom is 0.100 e. The zero-order valence-corrected chi connectivity index (χ0v) is 10.2. The highest BCUT2D eigenvalue weighted by Gasteiger charge is 2.51. The lowest BCUT2D eigenvalue weighted by molar-refractivity contribution is 0.129. The molecule has 0 amide bonds. The Labute approximate surface area is 92.2 Å². The summed E-state index contributed by atoms with van der Waals surface area (Å²) in [5.74, 6) is 0.370. The molecule has 2 rings (SSSR count). The summed E-state index contributed by atoms with van der Waals surface area (Å²) < 4.78 is 2.64. The van der Waals surface area contributed by atoms with Crippen molar-refractivity contribution in [3.63, 3.8) is 0 Å². The first kappa shape index (κ1) is 10.2. The summed E-state index contributed by atoms with van der Waals surface area (Å²) in [6, 6.07) is 0. The maximum atomic E-state index is 10.2. The number of hydrogen-bond acceptors (Lipinski definition) is 2. The normalized spacial score (nSPS) is 26.2. The number of aliphatic hydroxyl groups is 1. The number of aryl methyl sites for hydroxylation is 1. The van der Waals surface area contributed by atoms with Crippen LogP contribution in [-0.2, 0) is 7.05 Å². The van der Waals surface area contributed by atoms with Crippen molar-refractivity contribution in [3.05, 3.63) is 16.4 Å². The Morgan fingerprint density at radius 2 is 2.29 bits per heavy atom. The Morgan fingerprint density at radius 3 is 2.64 bits per heavy atom. The molecule has 0 spiro atoms. The van der Waals surface area contributed by atoms with Gasteiger partial charge >= 0.3 is 0 Å². The zero-order valence-electron chi connectivity index (χ0n) is 8.66. The van der Waals surface area contributed by atoms with Gasteiger partial charge in [0.15, 0.2) is 0 Å². The Bertz CT molecular complexity index is 340. The van der Waals surface area contributed by atoms with Crippen molar-refractivity contribution in [2.75, 3.05) is 0 Å². The highest BCUT2D eigenvalue weighted by Crippen LogP contribution is 2.58. The van der Waals surface area contributed by atoms with Crippen LogP contribution in [0, 0.1) is 11.3 Å². The van der Waals surface area contributed by atoms with Crippen molar-refractivity contribution in [2.45, 2.75) is 26.4 Å². The summed E-state index contributed by atoms with van der Waals surface area (Å²) in [6.07, 6.45) is 2.42. The predicted molar refractivity (Wildman–Crippen MR) is 57.8 cm³/mol. The third kappa shape index (κ3) is 1.50. The van der Waals surface area contributed by atoms with Gasteiger partial charge in [-0.2, -0.15) is 5.10 Å². The highest BCUT2D eigenvalue weighted by atomic mass is 79.9. The second kappa shape index (κ2) is 3.07. The van der Waals surface area contributed by atoms with Gasteiger partial charge in [0.25, 0.3) is 0 Å². The summed E-state index contributed by atoms with van der Waals surface area (Å²) in [6.45, 7) is 4.37. The molecule has 2 atom stereocenters. The van der Waals surface area contributed by atoms with Gasteiger partial charge in [-0.25, -0.2) is 0 Å². The molecule has 78 valence electrons. The minimum absolute atomic E-state index is 0.281.